The number of aryl methyl sites for hydroxylation is 2. The van der Waals surface area contributed by atoms with Gasteiger partial charge < -0.3 is 20.5 Å². The Morgan fingerprint density at radius 2 is 1.84 bits per heavy atom. The Balaban J connectivity index is 2.17. The number of alkyl halides is 2. The predicted octanol–water partition coefficient (Wildman–Crippen LogP) is 3.54. The van der Waals surface area contributed by atoms with E-state index < -0.39 is 36.5 Å². The lowest BCUT2D eigenvalue weighted by molar-refractivity contribution is -0.130. The lowest BCUT2D eigenvalue weighted by Crippen LogP contribution is -2.37. The van der Waals surface area contributed by atoms with Crippen LogP contribution in [-0.4, -0.2) is 40.5 Å². The Morgan fingerprint density at radius 3 is 2.45 bits per heavy atom. The molecule has 0 bridgehead atoms. The SMILES string of the molecule is Cc1cc(OCC(F)F)cc(C(C)NC(=O)c2cc(C)nc(NC(=O)C(C)(C)O)c2)c1. The molecule has 1 aromatic heterocycles. The number of pyridine rings is 1. The molecule has 1 aromatic carbocycles. The van der Waals surface area contributed by atoms with E-state index in [-0.39, 0.29) is 11.4 Å². The fraction of sp³-hybridized carbons (Fsp3) is 0.409. The molecule has 0 spiro atoms. The lowest BCUT2D eigenvalue weighted by Gasteiger charge is -2.18. The van der Waals surface area contributed by atoms with Gasteiger partial charge >= 0.3 is 0 Å². The maximum absolute atomic E-state index is 12.8. The third-order valence-corrected chi connectivity index (χ3v) is 4.31. The van der Waals surface area contributed by atoms with Gasteiger partial charge in [-0.1, -0.05) is 6.07 Å². The first-order valence-corrected chi connectivity index (χ1v) is 9.71. The van der Waals surface area contributed by atoms with Crippen molar-refractivity contribution < 1.29 is 28.2 Å². The minimum absolute atomic E-state index is 0.142. The molecule has 0 fully saturated rings. The summed E-state index contributed by atoms with van der Waals surface area (Å²) in [5, 5.41) is 15.1. The molecular weight excluding hydrogens is 408 g/mol. The summed E-state index contributed by atoms with van der Waals surface area (Å²) < 4.78 is 29.9. The molecule has 0 saturated carbocycles. The van der Waals surface area contributed by atoms with Crippen molar-refractivity contribution in [3.63, 3.8) is 0 Å². The molecule has 168 valence electrons. The fourth-order valence-corrected chi connectivity index (χ4v) is 2.77. The molecular formula is C22H27F2N3O4. The maximum Gasteiger partial charge on any atom is 0.272 e. The van der Waals surface area contributed by atoms with Crippen LogP contribution in [0.1, 0.15) is 54.0 Å². The lowest BCUT2D eigenvalue weighted by atomic mass is 10.0. The zero-order chi connectivity index (χ0) is 23.3. The van der Waals surface area contributed by atoms with Crippen LogP contribution in [0.15, 0.2) is 30.3 Å². The molecule has 2 rings (SSSR count). The summed E-state index contributed by atoms with van der Waals surface area (Å²) in [5.41, 5.74) is 0.674. The van der Waals surface area contributed by atoms with Crippen LogP contribution >= 0.6 is 0 Å². The maximum atomic E-state index is 12.8. The summed E-state index contributed by atoms with van der Waals surface area (Å²) in [7, 11) is 0. The Hall–Kier alpha value is -3.07. The second-order valence-corrected chi connectivity index (χ2v) is 7.87. The number of halogens is 2. The molecule has 0 radical (unpaired) electrons. The van der Waals surface area contributed by atoms with Crippen LogP contribution in [0.25, 0.3) is 0 Å². The number of carbonyl (C=O) groups is 2. The van der Waals surface area contributed by atoms with Crippen LogP contribution in [0.4, 0.5) is 14.6 Å². The minimum atomic E-state index is -2.58. The number of carbonyl (C=O) groups excluding carboxylic acids is 2. The highest BCUT2D eigenvalue weighted by atomic mass is 19.3. The number of anilines is 1. The summed E-state index contributed by atoms with van der Waals surface area (Å²) in [5.74, 6) is -0.620. The van der Waals surface area contributed by atoms with Gasteiger partial charge in [0.1, 0.15) is 23.8 Å². The van der Waals surface area contributed by atoms with Crippen molar-refractivity contribution in [3.05, 3.63) is 52.7 Å². The van der Waals surface area contributed by atoms with Crippen molar-refractivity contribution in [2.75, 3.05) is 11.9 Å². The number of nitrogens with one attached hydrogen (secondary N) is 2. The third kappa shape index (κ3) is 7.29. The van der Waals surface area contributed by atoms with Gasteiger partial charge in [-0.25, -0.2) is 13.8 Å². The van der Waals surface area contributed by atoms with E-state index in [2.05, 4.69) is 15.6 Å². The Kier molecular flexibility index (Phi) is 7.67. The summed E-state index contributed by atoms with van der Waals surface area (Å²) in [6.07, 6.45) is -2.58. The number of rotatable bonds is 8. The largest absolute Gasteiger partial charge is 0.488 e. The molecule has 2 aromatic rings. The summed E-state index contributed by atoms with van der Waals surface area (Å²) in [6, 6.07) is 7.61. The Bertz CT molecular complexity index is 958. The van der Waals surface area contributed by atoms with Gasteiger partial charge in [0, 0.05) is 11.3 Å². The van der Waals surface area contributed by atoms with E-state index in [9.17, 15) is 23.5 Å². The quantitative estimate of drug-likeness (QED) is 0.589. The molecule has 1 heterocycles. The first-order valence-electron chi connectivity index (χ1n) is 9.71. The highest BCUT2D eigenvalue weighted by Crippen LogP contribution is 2.23. The molecule has 0 aliphatic heterocycles. The number of aliphatic hydroxyl groups is 1. The first-order chi connectivity index (χ1) is 14.3. The highest BCUT2D eigenvalue weighted by molar-refractivity contribution is 5.98. The van der Waals surface area contributed by atoms with Gasteiger partial charge in [-0.15, -0.1) is 0 Å². The Morgan fingerprint density at radius 1 is 1.16 bits per heavy atom. The van der Waals surface area contributed by atoms with Gasteiger partial charge in [0.15, 0.2) is 0 Å². The monoisotopic (exact) mass is 435 g/mol. The molecule has 31 heavy (non-hydrogen) atoms. The molecule has 2 amide bonds. The Labute approximate surface area is 179 Å². The minimum Gasteiger partial charge on any atom is -0.488 e. The molecule has 0 aliphatic carbocycles. The van der Waals surface area contributed by atoms with Crippen LogP contribution in [-0.2, 0) is 4.79 Å². The van der Waals surface area contributed by atoms with Crippen molar-refractivity contribution in [3.8, 4) is 5.75 Å². The summed E-state index contributed by atoms with van der Waals surface area (Å²) in [4.78, 5) is 28.9. The van der Waals surface area contributed by atoms with E-state index in [0.717, 1.165) is 5.56 Å². The smallest absolute Gasteiger partial charge is 0.272 e. The number of aromatic nitrogens is 1. The molecule has 7 nitrogen and oxygen atoms in total. The second-order valence-electron chi connectivity index (χ2n) is 7.87. The third-order valence-electron chi connectivity index (χ3n) is 4.31. The van der Waals surface area contributed by atoms with Crippen molar-refractivity contribution in [1.29, 1.82) is 0 Å². The number of hydrogen-bond donors (Lipinski definition) is 3. The van der Waals surface area contributed by atoms with Crippen LogP contribution in [0, 0.1) is 13.8 Å². The number of benzene rings is 1. The van der Waals surface area contributed by atoms with Gasteiger partial charge in [-0.05, 0) is 70.0 Å². The molecule has 1 unspecified atom stereocenters. The fourth-order valence-electron chi connectivity index (χ4n) is 2.77. The molecule has 0 saturated heterocycles. The normalized spacial score (nSPS) is 12.4. The number of hydrogen-bond acceptors (Lipinski definition) is 5. The van der Waals surface area contributed by atoms with Gasteiger partial charge in [0.25, 0.3) is 18.2 Å². The van der Waals surface area contributed by atoms with E-state index in [0.29, 0.717) is 17.0 Å². The summed E-state index contributed by atoms with van der Waals surface area (Å²) >= 11 is 0. The van der Waals surface area contributed by atoms with Gasteiger partial charge in [0.05, 0.1) is 6.04 Å². The van der Waals surface area contributed by atoms with Crippen molar-refractivity contribution in [2.45, 2.75) is 52.7 Å². The van der Waals surface area contributed by atoms with Crippen LogP contribution < -0.4 is 15.4 Å². The zero-order valence-electron chi connectivity index (χ0n) is 18.1. The average molecular weight is 435 g/mol. The zero-order valence-corrected chi connectivity index (χ0v) is 18.1. The molecule has 9 heteroatoms. The van der Waals surface area contributed by atoms with Gasteiger partial charge in [-0.3, -0.25) is 9.59 Å². The van der Waals surface area contributed by atoms with Crippen molar-refractivity contribution >= 4 is 17.6 Å². The number of amides is 2. The van der Waals surface area contributed by atoms with Gasteiger partial charge in [-0.2, -0.15) is 0 Å². The molecule has 3 N–H and O–H groups in total. The van der Waals surface area contributed by atoms with Crippen LogP contribution in [0.2, 0.25) is 0 Å². The molecule has 0 aliphatic rings. The molecule has 1 atom stereocenters. The van der Waals surface area contributed by atoms with E-state index in [1.165, 1.54) is 19.9 Å². The average Bonchev–Trinajstić information content (AvgIpc) is 2.64. The van der Waals surface area contributed by atoms with Crippen LogP contribution in [0.3, 0.4) is 0 Å². The van der Waals surface area contributed by atoms with Crippen LogP contribution in [0.5, 0.6) is 5.75 Å². The van der Waals surface area contributed by atoms with E-state index >= 15 is 0 Å². The highest BCUT2D eigenvalue weighted by Gasteiger charge is 2.24. The number of nitrogens with zero attached hydrogens (tertiary/aromatic N) is 1. The van der Waals surface area contributed by atoms with E-state index in [4.69, 9.17) is 4.74 Å². The second kappa shape index (κ2) is 9.82. The van der Waals surface area contributed by atoms with Crippen molar-refractivity contribution in [1.82, 2.24) is 10.3 Å². The van der Waals surface area contributed by atoms with Gasteiger partial charge in [0.2, 0.25) is 0 Å². The van der Waals surface area contributed by atoms with Crippen molar-refractivity contribution in [2.24, 2.45) is 0 Å². The van der Waals surface area contributed by atoms with E-state index in [1.807, 2.05) is 6.07 Å². The topological polar surface area (TPSA) is 101 Å². The summed E-state index contributed by atoms with van der Waals surface area (Å²) in [6.45, 7) is 7.21. The standard InChI is InChI=1S/C22H27F2N3O4/c1-12-6-15(9-17(7-12)31-11-18(23)24)14(3)26-20(28)16-8-13(2)25-19(10-16)27-21(29)22(4,5)30/h6-10,14,18,30H,11H2,1-5H3,(H,26,28)(H,25,27,29). The van der Waals surface area contributed by atoms with E-state index in [1.54, 1.807) is 39.0 Å². The first kappa shape index (κ1) is 24.2. The number of ether oxygens (including phenoxy) is 1. The predicted molar refractivity (Wildman–Crippen MR) is 112 cm³/mol.